The van der Waals surface area contributed by atoms with Crippen LogP contribution in [0.25, 0.3) is 10.8 Å². The van der Waals surface area contributed by atoms with Gasteiger partial charge in [0.2, 0.25) is 24.1 Å². The van der Waals surface area contributed by atoms with Crippen molar-refractivity contribution >= 4 is 45.7 Å². The van der Waals surface area contributed by atoms with Gasteiger partial charge in [-0.1, -0.05) is 90.0 Å². The summed E-state index contributed by atoms with van der Waals surface area (Å²) in [5.74, 6) is -0.753. The molecule has 0 saturated heterocycles. The molecule has 0 fully saturated rings. The van der Waals surface area contributed by atoms with Crippen molar-refractivity contribution < 1.29 is 28.5 Å². The Bertz CT molecular complexity index is 1400. The minimum Gasteiger partial charge on any atom is -0.469 e. The number of Topliss-reactive ketones (excluding diaryl/α,β-unsaturated/α-hetero) is 1. The maximum atomic E-state index is 13.0. The maximum Gasteiger partial charge on any atom is 0.306 e. The van der Waals surface area contributed by atoms with E-state index in [2.05, 4.69) is 22.3 Å². The number of carbonyl (C=O) groups is 4. The number of anilines is 2. The van der Waals surface area contributed by atoms with E-state index in [0.29, 0.717) is 23.4 Å². The molecule has 0 aliphatic rings. The Morgan fingerprint density at radius 2 is 1.28 bits per heavy atom. The lowest BCUT2D eigenvalue weighted by atomic mass is 10.0. The maximum absolute atomic E-state index is 13.0. The molecule has 8 nitrogen and oxygen atoms in total. The van der Waals surface area contributed by atoms with Crippen LogP contribution >= 0.6 is 0 Å². The van der Waals surface area contributed by atoms with E-state index in [1.165, 1.54) is 77.7 Å². The molecule has 2 amide bonds. The first-order valence-corrected chi connectivity index (χ1v) is 17.1. The first kappa shape index (κ1) is 36.4. The Morgan fingerprint density at radius 3 is 1.91 bits per heavy atom. The van der Waals surface area contributed by atoms with Crippen LogP contribution in [0, 0.1) is 0 Å². The number of methoxy groups -OCH3 is 1. The summed E-state index contributed by atoms with van der Waals surface area (Å²) in [5.41, 5.74) is 1.89. The van der Waals surface area contributed by atoms with Crippen LogP contribution in [0.3, 0.4) is 0 Å². The number of amides is 2. The number of aromatic nitrogens is 1. The molecule has 1 heterocycles. The van der Waals surface area contributed by atoms with E-state index in [0.717, 1.165) is 23.6 Å². The molecule has 1 aromatic heterocycles. The SMILES string of the molecule is CCCCCCCCCCCCCCCC(=O)Nc1ccc(C(=O)C[n+]2ccc3c(NC(=O)CCC(=O)OC)cccc3c2)cc1. The van der Waals surface area contributed by atoms with E-state index in [4.69, 9.17) is 0 Å². The van der Waals surface area contributed by atoms with Gasteiger partial charge in [0.15, 0.2) is 12.4 Å². The summed E-state index contributed by atoms with van der Waals surface area (Å²) in [7, 11) is 1.29. The van der Waals surface area contributed by atoms with Gasteiger partial charge in [0.1, 0.15) is 0 Å². The molecule has 2 N–H and O–H groups in total. The number of unbranched alkanes of at least 4 members (excludes halogenated alkanes) is 12. The molecule has 3 aromatic rings. The predicted octanol–water partition coefficient (Wildman–Crippen LogP) is 8.32. The van der Waals surface area contributed by atoms with E-state index in [1.54, 1.807) is 41.1 Å². The van der Waals surface area contributed by atoms with Gasteiger partial charge in [0.25, 0.3) is 0 Å². The molecule has 248 valence electrons. The van der Waals surface area contributed by atoms with E-state index >= 15 is 0 Å². The molecule has 0 bridgehead atoms. The second-order valence-electron chi connectivity index (χ2n) is 12.1. The van der Waals surface area contributed by atoms with Crippen molar-refractivity contribution in [1.29, 1.82) is 0 Å². The van der Waals surface area contributed by atoms with Gasteiger partial charge in [-0.25, -0.2) is 0 Å². The molecule has 0 aliphatic carbocycles. The van der Waals surface area contributed by atoms with Gasteiger partial charge in [-0.15, -0.1) is 0 Å². The highest BCUT2D eigenvalue weighted by atomic mass is 16.5. The number of fused-ring (bicyclic) bond motifs is 1. The monoisotopic (exact) mass is 630 g/mol. The molecule has 46 heavy (non-hydrogen) atoms. The normalized spacial score (nSPS) is 10.9. The van der Waals surface area contributed by atoms with Crippen molar-refractivity contribution in [1.82, 2.24) is 0 Å². The first-order valence-electron chi connectivity index (χ1n) is 17.1. The molecule has 0 unspecified atom stereocenters. The highest BCUT2D eigenvalue weighted by Crippen LogP contribution is 2.22. The van der Waals surface area contributed by atoms with Crippen molar-refractivity contribution in [3.05, 3.63) is 66.5 Å². The summed E-state index contributed by atoms with van der Waals surface area (Å²) in [6, 6.07) is 14.4. The largest absolute Gasteiger partial charge is 0.469 e. The second-order valence-corrected chi connectivity index (χ2v) is 12.1. The summed E-state index contributed by atoms with van der Waals surface area (Å²) in [6.07, 6.45) is 20.8. The number of hydrogen-bond acceptors (Lipinski definition) is 5. The zero-order valence-corrected chi connectivity index (χ0v) is 27.8. The number of esters is 1. The number of ether oxygens (including phenoxy) is 1. The van der Waals surface area contributed by atoms with E-state index < -0.39 is 5.97 Å². The minimum atomic E-state index is -0.432. The van der Waals surface area contributed by atoms with Crippen molar-refractivity contribution in [2.24, 2.45) is 0 Å². The molecule has 0 atom stereocenters. The fourth-order valence-corrected chi connectivity index (χ4v) is 5.53. The van der Waals surface area contributed by atoms with Gasteiger partial charge in [-0.3, -0.25) is 19.2 Å². The van der Waals surface area contributed by atoms with Crippen LogP contribution in [0.1, 0.15) is 120 Å². The number of hydrogen-bond donors (Lipinski definition) is 2. The Hall–Kier alpha value is -4.07. The number of pyridine rings is 1. The summed E-state index contributed by atoms with van der Waals surface area (Å²) >= 11 is 0. The Labute approximate surface area is 274 Å². The second kappa shape index (κ2) is 20.9. The average Bonchev–Trinajstić information content (AvgIpc) is 3.06. The van der Waals surface area contributed by atoms with Gasteiger partial charge in [-0.05, 0) is 42.8 Å². The average molecular weight is 631 g/mol. The van der Waals surface area contributed by atoms with Crippen LogP contribution in [0.4, 0.5) is 11.4 Å². The summed E-state index contributed by atoms with van der Waals surface area (Å²) < 4.78 is 6.40. The van der Waals surface area contributed by atoms with Crippen LogP contribution in [-0.2, 0) is 25.7 Å². The van der Waals surface area contributed by atoms with E-state index in [9.17, 15) is 19.2 Å². The fraction of sp³-hybridized carbons (Fsp3) is 0.500. The van der Waals surface area contributed by atoms with Gasteiger partial charge < -0.3 is 15.4 Å². The molecule has 2 aromatic carbocycles. The number of rotatable bonds is 22. The lowest BCUT2D eigenvalue weighted by molar-refractivity contribution is -0.681. The van der Waals surface area contributed by atoms with Crippen LogP contribution in [-0.4, -0.2) is 30.7 Å². The van der Waals surface area contributed by atoms with Crippen LogP contribution in [0.15, 0.2) is 60.9 Å². The predicted molar refractivity (Wildman–Crippen MR) is 184 cm³/mol. The fourth-order valence-electron chi connectivity index (χ4n) is 5.53. The number of ketones is 1. The quantitative estimate of drug-likeness (QED) is 0.0503. The van der Waals surface area contributed by atoms with Crippen molar-refractivity contribution in [2.45, 2.75) is 116 Å². The van der Waals surface area contributed by atoms with Crippen molar-refractivity contribution in [3.63, 3.8) is 0 Å². The number of nitrogens with zero attached hydrogens (tertiary/aromatic N) is 1. The lowest BCUT2D eigenvalue weighted by Crippen LogP contribution is -2.37. The van der Waals surface area contributed by atoms with Crippen molar-refractivity contribution in [3.8, 4) is 0 Å². The summed E-state index contributed by atoms with van der Waals surface area (Å²) in [6.45, 7) is 2.41. The molecular weight excluding hydrogens is 578 g/mol. The highest BCUT2D eigenvalue weighted by molar-refractivity contribution is 6.02. The standard InChI is InChI=1S/C38H51N3O5/c1-3-4-5-6-7-8-9-10-11-12-13-14-15-19-36(43)39-32-22-20-30(21-23-32)35(42)29-41-27-26-33-31(28-41)17-16-18-34(33)40-37(44)24-25-38(45)46-2/h16-18,20-23,26-28H,3-15,19,24-25,29H2,1-2H3,(H-,39,40,42,43,44)/p+1. The van der Waals surface area contributed by atoms with Gasteiger partial charge >= 0.3 is 5.97 Å². The molecular formula is C38H52N3O5+. The van der Waals surface area contributed by atoms with Crippen LogP contribution < -0.4 is 15.2 Å². The molecule has 8 heteroatoms. The lowest BCUT2D eigenvalue weighted by Gasteiger charge is -2.08. The topological polar surface area (TPSA) is 105 Å². The van der Waals surface area contributed by atoms with Crippen molar-refractivity contribution in [2.75, 3.05) is 17.7 Å². The third-order valence-corrected chi connectivity index (χ3v) is 8.26. The minimum absolute atomic E-state index is 0.00731. The first-order chi connectivity index (χ1) is 22.4. The Kier molecular flexibility index (Phi) is 16.5. The van der Waals surface area contributed by atoms with Gasteiger partial charge in [0.05, 0.1) is 13.5 Å². The molecule has 3 rings (SSSR count). The van der Waals surface area contributed by atoms with E-state index in [1.807, 2.05) is 24.4 Å². The van der Waals surface area contributed by atoms with Crippen LogP contribution in [0.2, 0.25) is 0 Å². The highest BCUT2D eigenvalue weighted by Gasteiger charge is 2.15. The van der Waals surface area contributed by atoms with Crippen LogP contribution in [0.5, 0.6) is 0 Å². The molecule has 0 saturated carbocycles. The third-order valence-electron chi connectivity index (χ3n) is 8.26. The summed E-state index contributed by atoms with van der Waals surface area (Å²) in [5, 5.41) is 7.49. The molecule has 0 aliphatic heterocycles. The smallest absolute Gasteiger partial charge is 0.306 e. The number of carbonyl (C=O) groups excluding carboxylic acids is 4. The van der Waals surface area contributed by atoms with E-state index in [-0.39, 0.29) is 37.0 Å². The molecule has 0 radical (unpaired) electrons. The van der Waals surface area contributed by atoms with Gasteiger partial charge in [0, 0.05) is 46.6 Å². The number of benzene rings is 2. The zero-order chi connectivity index (χ0) is 33.0. The Balaban J connectivity index is 1.36. The number of nitrogens with one attached hydrogen (secondary N) is 2. The third kappa shape index (κ3) is 13.5. The molecule has 0 spiro atoms. The Morgan fingerprint density at radius 1 is 0.674 bits per heavy atom. The summed E-state index contributed by atoms with van der Waals surface area (Å²) in [4.78, 5) is 49.0. The zero-order valence-electron chi connectivity index (χ0n) is 27.8. The van der Waals surface area contributed by atoms with Gasteiger partial charge in [-0.2, -0.15) is 4.57 Å².